The molecule has 1 aromatic carbocycles. The highest BCUT2D eigenvalue weighted by atomic mass is 35.5. The second-order valence-electron chi connectivity index (χ2n) is 5.70. The molecule has 4 aromatic rings. The zero-order valence-electron chi connectivity index (χ0n) is 13.6. The van der Waals surface area contributed by atoms with Crippen molar-refractivity contribution in [3.05, 3.63) is 77.8 Å². The van der Waals surface area contributed by atoms with Crippen LogP contribution in [0.2, 0.25) is 5.02 Å². The van der Waals surface area contributed by atoms with E-state index in [2.05, 4.69) is 20.4 Å². The van der Waals surface area contributed by atoms with Gasteiger partial charge in [0.05, 0.1) is 12.0 Å². The molecule has 0 aliphatic rings. The molecule has 7 heteroatoms. The number of aromatic nitrogens is 4. The third kappa shape index (κ3) is 3.27. The van der Waals surface area contributed by atoms with E-state index in [9.17, 15) is 4.79 Å². The molecule has 0 saturated heterocycles. The molecule has 0 radical (unpaired) electrons. The van der Waals surface area contributed by atoms with Crippen LogP contribution in [0.1, 0.15) is 5.56 Å². The molecule has 0 atom stereocenters. The molecule has 0 fully saturated rings. The molecule has 0 spiro atoms. The Kier molecular flexibility index (Phi) is 4.33. The van der Waals surface area contributed by atoms with Gasteiger partial charge in [0.1, 0.15) is 0 Å². The highest BCUT2D eigenvalue weighted by Crippen LogP contribution is 2.31. The number of halogens is 1. The normalized spacial score (nSPS) is 10.8. The average Bonchev–Trinajstić information content (AvgIpc) is 3.01. The Morgan fingerprint density at radius 1 is 1.12 bits per heavy atom. The predicted octanol–water partition coefficient (Wildman–Crippen LogP) is 3.63. The molecule has 0 bridgehead atoms. The largest absolute Gasteiger partial charge is 0.308 e. The van der Waals surface area contributed by atoms with Crippen molar-refractivity contribution in [2.24, 2.45) is 0 Å². The number of nitrogens with one attached hydrogen (secondary N) is 1. The van der Waals surface area contributed by atoms with Gasteiger partial charge in [-0.05, 0) is 35.4 Å². The maximum atomic E-state index is 12.5. The van der Waals surface area contributed by atoms with Gasteiger partial charge in [-0.1, -0.05) is 29.8 Å². The molecular formula is C19H14ClN5O. The lowest BCUT2D eigenvalue weighted by molar-refractivity contribution is -0.115. The van der Waals surface area contributed by atoms with Crippen molar-refractivity contribution >= 4 is 29.0 Å². The summed E-state index contributed by atoms with van der Waals surface area (Å²) in [4.78, 5) is 20.9. The number of hydrogen-bond donors (Lipinski definition) is 1. The first-order valence-electron chi connectivity index (χ1n) is 7.99. The predicted molar refractivity (Wildman–Crippen MR) is 100 cm³/mol. The number of pyridine rings is 1. The van der Waals surface area contributed by atoms with E-state index in [1.807, 2.05) is 18.2 Å². The quantitative estimate of drug-likeness (QED) is 0.601. The molecular weight excluding hydrogens is 350 g/mol. The van der Waals surface area contributed by atoms with Crippen molar-refractivity contribution in [3.8, 4) is 11.1 Å². The van der Waals surface area contributed by atoms with E-state index in [1.165, 1.54) is 0 Å². The minimum absolute atomic E-state index is 0.170. The molecule has 1 N–H and O–H groups in total. The molecule has 3 aromatic heterocycles. The Balaban J connectivity index is 1.71. The fourth-order valence-electron chi connectivity index (χ4n) is 2.72. The summed E-state index contributed by atoms with van der Waals surface area (Å²) >= 11 is 5.99. The van der Waals surface area contributed by atoms with Crippen molar-refractivity contribution < 1.29 is 4.79 Å². The summed E-state index contributed by atoms with van der Waals surface area (Å²) in [6.07, 6.45) is 7.05. The first-order chi connectivity index (χ1) is 12.7. The number of fused-ring (bicyclic) bond motifs is 1. The zero-order valence-corrected chi connectivity index (χ0v) is 14.4. The highest BCUT2D eigenvalue weighted by molar-refractivity contribution is 6.30. The van der Waals surface area contributed by atoms with Gasteiger partial charge in [0.25, 0.3) is 0 Å². The Morgan fingerprint density at radius 2 is 1.96 bits per heavy atom. The third-order valence-electron chi connectivity index (χ3n) is 3.87. The Morgan fingerprint density at radius 3 is 2.73 bits per heavy atom. The summed E-state index contributed by atoms with van der Waals surface area (Å²) in [7, 11) is 0. The van der Waals surface area contributed by atoms with Crippen molar-refractivity contribution in [1.82, 2.24) is 19.6 Å². The van der Waals surface area contributed by atoms with E-state index in [0.29, 0.717) is 16.5 Å². The zero-order chi connectivity index (χ0) is 17.9. The molecule has 128 valence electrons. The van der Waals surface area contributed by atoms with E-state index < -0.39 is 0 Å². The van der Waals surface area contributed by atoms with Gasteiger partial charge in [0.2, 0.25) is 5.91 Å². The third-order valence-corrected chi connectivity index (χ3v) is 4.13. The summed E-state index contributed by atoms with van der Waals surface area (Å²) in [6.45, 7) is 0. The van der Waals surface area contributed by atoms with E-state index >= 15 is 0 Å². The van der Waals surface area contributed by atoms with Crippen molar-refractivity contribution in [1.29, 1.82) is 0 Å². The second-order valence-corrected chi connectivity index (χ2v) is 6.14. The lowest BCUT2D eigenvalue weighted by Gasteiger charge is -2.06. The maximum Gasteiger partial charge on any atom is 0.230 e. The number of hydrogen-bond acceptors (Lipinski definition) is 4. The molecule has 3 heterocycles. The van der Waals surface area contributed by atoms with Gasteiger partial charge in [0, 0.05) is 29.8 Å². The number of anilines is 1. The van der Waals surface area contributed by atoms with Crippen LogP contribution in [-0.2, 0) is 11.2 Å². The molecule has 0 saturated carbocycles. The number of carbonyl (C=O) groups excluding carboxylic acids is 1. The SMILES string of the molecule is O=C(Cc1cccnc1)Nc1nn2cccnc2c1-c1ccc(Cl)cc1. The fraction of sp³-hybridized carbons (Fsp3) is 0.0526. The van der Waals surface area contributed by atoms with Crippen LogP contribution in [0.3, 0.4) is 0 Å². The first kappa shape index (κ1) is 16.2. The van der Waals surface area contributed by atoms with Crippen LogP contribution >= 0.6 is 11.6 Å². The number of rotatable bonds is 4. The van der Waals surface area contributed by atoms with Gasteiger partial charge in [-0.25, -0.2) is 9.50 Å². The summed E-state index contributed by atoms with van der Waals surface area (Å²) < 4.78 is 1.64. The molecule has 26 heavy (non-hydrogen) atoms. The van der Waals surface area contributed by atoms with Crippen LogP contribution in [0.25, 0.3) is 16.8 Å². The van der Waals surface area contributed by atoms with Crippen LogP contribution in [0.4, 0.5) is 5.82 Å². The number of nitrogens with zero attached hydrogens (tertiary/aromatic N) is 4. The average molecular weight is 364 g/mol. The van der Waals surface area contributed by atoms with Crippen molar-refractivity contribution in [2.45, 2.75) is 6.42 Å². The van der Waals surface area contributed by atoms with Crippen molar-refractivity contribution in [3.63, 3.8) is 0 Å². The standard InChI is InChI=1S/C19H14ClN5O/c20-15-6-4-14(5-7-15)17-18(24-25-10-2-9-22-19(17)25)23-16(26)11-13-3-1-8-21-12-13/h1-10,12H,11H2,(H,23,24,26). The minimum atomic E-state index is -0.170. The van der Waals surface area contributed by atoms with Gasteiger partial charge >= 0.3 is 0 Å². The van der Waals surface area contributed by atoms with E-state index in [1.54, 1.807) is 53.6 Å². The van der Waals surface area contributed by atoms with Crippen LogP contribution in [0.15, 0.2) is 67.3 Å². The van der Waals surface area contributed by atoms with Crippen LogP contribution in [0, 0.1) is 0 Å². The second kappa shape index (κ2) is 6.93. The van der Waals surface area contributed by atoms with Gasteiger partial charge < -0.3 is 5.32 Å². The summed E-state index contributed by atoms with van der Waals surface area (Å²) in [5, 5.41) is 8.00. The van der Waals surface area contributed by atoms with Crippen LogP contribution in [-0.4, -0.2) is 25.5 Å². The molecule has 0 unspecified atom stereocenters. The summed E-state index contributed by atoms with van der Waals surface area (Å²) in [5.41, 5.74) is 3.12. The smallest absolute Gasteiger partial charge is 0.230 e. The highest BCUT2D eigenvalue weighted by Gasteiger charge is 2.18. The van der Waals surface area contributed by atoms with Gasteiger partial charge in [-0.2, -0.15) is 0 Å². The Bertz CT molecular complexity index is 1060. The molecule has 0 aliphatic heterocycles. The summed E-state index contributed by atoms with van der Waals surface area (Å²) in [5.74, 6) is 0.288. The molecule has 6 nitrogen and oxygen atoms in total. The molecule has 0 aliphatic carbocycles. The fourth-order valence-corrected chi connectivity index (χ4v) is 2.85. The topological polar surface area (TPSA) is 72.2 Å². The van der Waals surface area contributed by atoms with Gasteiger partial charge in [-0.3, -0.25) is 9.78 Å². The first-order valence-corrected chi connectivity index (χ1v) is 8.36. The van der Waals surface area contributed by atoms with Crippen LogP contribution in [0.5, 0.6) is 0 Å². The molecule has 4 rings (SSSR count). The lowest BCUT2D eigenvalue weighted by Crippen LogP contribution is -2.15. The Hall–Kier alpha value is -3.25. The minimum Gasteiger partial charge on any atom is -0.308 e. The maximum absolute atomic E-state index is 12.5. The Labute approximate surface area is 154 Å². The van der Waals surface area contributed by atoms with Crippen LogP contribution < -0.4 is 5.32 Å². The van der Waals surface area contributed by atoms with E-state index in [0.717, 1.165) is 16.7 Å². The number of carbonyl (C=O) groups is 1. The van der Waals surface area contributed by atoms with E-state index in [-0.39, 0.29) is 12.3 Å². The van der Waals surface area contributed by atoms with Crippen molar-refractivity contribution in [2.75, 3.05) is 5.32 Å². The number of amides is 1. The number of benzene rings is 1. The lowest BCUT2D eigenvalue weighted by atomic mass is 10.1. The van der Waals surface area contributed by atoms with Gasteiger partial charge in [-0.15, -0.1) is 5.10 Å². The monoisotopic (exact) mass is 363 g/mol. The summed E-state index contributed by atoms with van der Waals surface area (Å²) in [6, 6.07) is 12.8. The molecule has 1 amide bonds. The van der Waals surface area contributed by atoms with Gasteiger partial charge in [0.15, 0.2) is 11.5 Å². The van der Waals surface area contributed by atoms with E-state index in [4.69, 9.17) is 11.6 Å².